The van der Waals surface area contributed by atoms with Gasteiger partial charge in [-0.2, -0.15) is 5.10 Å². The monoisotopic (exact) mass is 409 g/mol. The van der Waals surface area contributed by atoms with E-state index in [2.05, 4.69) is 10.1 Å². The van der Waals surface area contributed by atoms with Crippen molar-refractivity contribution in [2.24, 2.45) is 5.73 Å². The summed E-state index contributed by atoms with van der Waals surface area (Å²) in [7, 11) is 1.77. The quantitative estimate of drug-likeness (QED) is 0.692. The van der Waals surface area contributed by atoms with Crippen LogP contribution < -0.4 is 15.4 Å². The van der Waals surface area contributed by atoms with Gasteiger partial charge in [0.05, 0.1) is 43.1 Å². The molecular formula is C21H23N5O4. The molecule has 9 heteroatoms. The molecule has 1 unspecified atom stereocenters. The van der Waals surface area contributed by atoms with Crippen molar-refractivity contribution in [2.75, 3.05) is 31.8 Å². The number of benzene rings is 1. The lowest BCUT2D eigenvalue weighted by molar-refractivity contribution is -0.118. The van der Waals surface area contributed by atoms with E-state index >= 15 is 0 Å². The van der Waals surface area contributed by atoms with Gasteiger partial charge in [-0.05, 0) is 24.6 Å². The molecule has 156 valence electrons. The third kappa shape index (κ3) is 3.97. The Morgan fingerprint density at radius 2 is 2.07 bits per heavy atom. The van der Waals surface area contributed by atoms with Crippen LogP contribution in [0, 0.1) is 0 Å². The maximum absolute atomic E-state index is 11.4. The van der Waals surface area contributed by atoms with Gasteiger partial charge in [0, 0.05) is 25.2 Å². The van der Waals surface area contributed by atoms with Crippen LogP contribution in [-0.4, -0.2) is 53.4 Å². The first-order chi connectivity index (χ1) is 14.5. The van der Waals surface area contributed by atoms with Crippen molar-refractivity contribution < 1.29 is 19.1 Å². The number of pyridine rings is 1. The van der Waals surface area contributed by atoms with Crippen molar-refractivity contribution in [3.8, 4) is 5.75 Å². The van der Waals surface area contributed by atoms with Gasteiger partial charge in [0.25, 0.3) is 5.91 Å². The van der Waals surface area contributed by atoms with E-state index in [0.29, 0.717) is 19.6 Å². The Balaban J connectivity index is 0.000000151. The van der Waals surface area contributed by atoms with Crippen LogP contribution in [0.2, 0.25) is 0 Å². The summed E-state index contributed by atoms with van der Waals surface area (Å²) in [6.45, 7) is 1.88. The van der Waals surface area contributed by atoms with E-state index in [-0.39, 0.29) is 17.6 Å². The molecule has 2 aliphatic rings. The molecule has 0 aliphatic carbocycles. The number of ether oxygens (including phenoxy) is 2. The van der Waals surface area contributed by atoms with Crippen LogP contribution in [0.5, 0.6) is 5.75 Å². The van der Waals surface area contributed by atoms with Crippen molar-refractivity contribution in [1.82, 2.24) is 14.8 Å². The first-order valence-electron chi connectivity index (χ1n) is 9.74. The van der Waals surface area contributed by atoms with Gasteiger partial charge in [0.1, 0.15) is 11.4 Å². The van der Waals surface area contributed by atoms with Crippen molar-refractivity contribution in [3.05, 3.63) is 48.4 Å². The molecule has 2 amide bonds. The molecule has 1 fully saturated rings. The summed E-state index contributed by atoms with van der Waals surface area (Å²) in [6, 6.07) is 9.49. The van der Waals surface area contributed by atoms with Crippen LogP contribution >= 0.6 is 0 Å². The molecule has 2 N–H and O–H groups in total. The standard InChI is InChI=1S/C11H12N4O2.C10H11NO2/c12-11(16)9-3-10-7(4-13-9)5-14-15(10)8-1-2-17-6-8;1-11-8-4-2-3-5-9(8)13-7-6-10(11)12/h3-5,8H,1-2,6H2,(H2,12,16);2-5H,6-7H2,1H3. The zero-order chi connectivity index (χ0) is 21.1. The summed E-state index contributed by atoms with van der Waals surface area (Å²) in [5, 5.41) is 5.23. The molecule has 0 spiro atoms. The van der Waals surface area contributed by atoms with Gasteiger partial charge in [0.2, 0.25) is 5.91 Å². The Kier molecular flexibility index (Phi) is 5.62. The fourth-order valence-corrected chi connectivity index (χ4v) is 3.49. The second-order valence-electron chi connectivity index (χ2n) is 7.12. The van der Waals surface area contributed by atoms with Crippen molar-refractivity contribution in [2.45, 2.75) is 18.9 Å². The van der Waals surface area contributed by atoms with E-state index in [4.69, 9.17) is 15.2 Å². The summed E-state index contributed by atoms with van der Waals surface area (Å²) in [6.07, 6.45) is 4.75. The topological polar surface area (TPSA) is 113 Å². The number of aromatic nitrogens is 3. The van der Waals surface area contributed by atoms with Gasteiger partial charge in [-0.1, -0.05) is 12.1 Å². The van der Waals surface area contributed by atoms with Crippen LogP contribution in [0.3, 0.4) is 0 Å². The molecule has 5 rings (SSSR count). The number of carbonyl (C=O) groups excluding carboxylic acids is 2. The smallest absolute Gasteiger partial charge is 0.267 e. The van der Waals surface area contributed by atoms with E-state index in [1.165, 1.54) is 0 Å². The molecule has 1 aromatic carbocycles. The number of nitrogens with two attached hydrogens (primary N) is 1. The number of nitrogens with zero attached hydrogens (tertiary/aromatic N) is 4. The van der Waals surface area contributed by atoms with Gasteiger partial charge >= 0.3 is 0 Å². The van der Waals surface area contributed by atoms with Crippen molar-refractivity contribution >= 4 is 28.4 Å². The summed E-state index contributed by atoms with van der Waals surface area (Å²) < 4.78 is 12.7. The molecule has 30 heavy (non-hydrogen) atoms. The highest BCUT2D eigenvalue weighted by Crippen LogP contribution is 2.29. The third-order valence-corrected chi connectivity index (χ3v) is 5.16. The summed E-state index contributed by atoms with van der Waals surface area (Å²) in [5.41, 5.74) is 7.21. The average molecular weight is 409 g/mol. The van der Waals surface area contributed by atoms with Gasteiger partial charge < -0.3 is 20.1 Å². The first-order valence-corrected chi connectivity index (χ1v) is 9.74. The minimum absolute atomic E-state index is 0.102. The lowest BCUT2D eigenvalue weighted by atomic mass is 10.2. The second-order valence-corrected chi connectivity index (χ2v) is 7.12. The number of fused-ring (bicyclic) bond motifs is 2. The highest BCUT2D eigenvalue weighted by molar-refractivity contribution is 5.95. The maximum atomic E-state index is 11.4. The van der Waals surface area contributed by atoms with Crippen molar-refractivity contribution in [3.63, 3.8) is 0 Å². The maximum Gasteiger partial charge on any atom is 0.267 e. The molecule has 4 heterocycles. The molecule has 0 bridgehead atoms. The molecule has 0 radical (unpaired) electrons. The number of amides is 2. The lowest BCUT2D eigenvalue weighted by Crippen LogP contribution is -2.24. The Hall–Kier alpha value is -3.46. The van der Waals surface area contributed by atoms with Crippen LogP contribution in [0.4, 0.5) is 5.69 Å². The number of para-hydroxylation sites is 2. The highest BCUT2D eigenvalue weighted by atomic mass is 16.5. The summed E-state index contributed by atoms with van der Waals surface area (Å²) in [5.74, 6) is 0.364. The molecule has 3 aromatic rings. The number of rotatable bonds is 2. The largest absolute Gasteiger partial charge is 0.491 e. The van der Waals surface area contributed by atoms with Gasteiger partial charge in [0.15, 0.2) is 0 Å². The SMILES string of the molecule is CN1C(=O)CCOc2ccccc21.NC(=O)c1cc2c(cn1)cnn2C1CCOC1. The normalized spacial score (nSPS) is 18.2. The molecule has 1 saturated heterocycles. The van der Waals surface area contributed by atoms with Gasteiger partial charge in [-0.3, -0.25) is 19.3 Å². The zero-order valence-corrected chi connectivity index (χ0v) is 16.7. The van der Waals surface area contributed by atoms with Crippen LogP contribution in [-0.2, 0) is 9.53 Å². The molecule has 2 aliphatic heterocycles. The predicted octanol–water partition coefficient (Wildman–Crippen LogP) is 1.92. The molecule has 2 aromatic heterocycles. The van der Waals surface area contributed by atoms with E-state index in [1.54, 1.807) is 30.4 Å². The molecule has 0 saturated carbocycles. The fourth-order valence-electron chi connectivity index (χ4n) is 3.49. The lowest BCUT2D eigenvalue weighted by Gasteiger charge is -2.15. The van der Waals surface area contributed by atoms with E-state index < -0.39 is 5.91 Å². The highest BCUT2D eigenvalue weighted by Gasteiger charge is 2.21. The fraction of sp³-hybridized carbons (Fsp3) is 0.333. The minimum Gasteiger partial charge on any atom is -0.491 e. The Labute approximate surface area is 173 Å². The second kappa shape index (κ2) is 8.50. The average Bonchev–Trinajstić information content (AvgIpc) is 3.40. The predicted molar refractivity (Wildman–Crippen MR) is 110 cm³/mol. The van der Waals surface area contributed by atoms with Crippen LogP contribution in [0.1, 0.15) is 29.4 Å². The van der Waals surface area contributed by atoms with Gasteiger partial charge in [-0.15, -0.1) is 0 Å². The van der Waals surface area contributed by atoms with E-state index in [1.807, 2.05) is 28.9 Å². The molecule has 9 nitrogen and oxygen atoms in total. The van der Waals surface area contributed by atoms with Gasteiger partial charge in [-0.25, -0.2) is 0 Å². The summed E-state index contributed by atoms with van der Waals surface area (Å²) in [4.78, 5) is 28.2. The Bertz CT molecular complexity index is 1070. The number of primary amides is 1. The number of anilines is 1. The summed E-state index contributed by atoms with van der Waals surface area (Å²) >= 11 is 0. The third-order valence-electron chi connectivity index (χ3n) is 5.16. The van der Waals surface area contributed by atoms with E-state index in [9.17, 15) is 9.59 Å². The van der Waals surface area contributed by atoms with Crippen LogP contribution in [0.15, 0.2) is 42.7 Å². The van der Waals surface area contributed by atoms with E-state index in [0.717, 1.165) is 35.4 Å². The molecule has 1 atom stereocenters. The minimum atomic E-state index is -0.526. The van der Waals surface area contributed by atoms with Crippen LogP contribution in [0.25, 0.3) is 10.9 Å². The number of carbonyl (C=O) groups is 2. The zero-order valence-electron chi connectivity index (χ0n) is 16.7. The Morgan fingerprint density at radius 3 is 2.83 bits per heavy atom. The van der Waals surface area contributed by atoms with Crippen molar-refractivity contribution in [1.29, 1.82) is 0 Å². The number of hydrogen-bond acceptors (Lipinski definition) is 6. The number of hydrogen-bond donors (Lipinski definition) is 1. The molecular weight excluding hydrogens is 386 g/mol. The first kappa shape index (κ1) is 19.8. The Morgan fingerprint density at radius 1 is 1.23 bits per heavy atom.